The summed E-state index contributed by atoms with van der Waals surface area (Å²) < 4.78 is 63.5. The van der Waals surface area contributed by atoms with Gasteiger partial charge in [0.15, 0.2) is 0 Å². The van der Waals surface area contributed by atoms with Crippen molar-refractivity contribution in [2.75, 3.05) is 0 Å². The van der Waals surface area contributed by atoms with E-state index in [0.717, 1.165) is 0 Å². The predicted molar refractivity (Wildman–Crippen MR) is 48.9 cm³/mol. The Balaban J connectivity index is -0.0000000960. The molecule has 0 unspecified atom stereocenters. The zero-order chi connectivity index (χ0) is 23.1. The first-order valence-corrected chi connectivity index (χ1v) is 13.1. The first-order valence-electron chi connectivity index (χ1n) is 4.38. The van der Waals surface area contributed by atoms with Crippen LogP contribution in [0.15, 0.2) is 0 Å². The second-order valence-electron chi connectivity index (χ2n) is 2.93. The van der Waals surface area contributed by atoms with Gasteiger partial charge in [-0.25, -0.2) is 0 Å². The third kappa shape index (κ3) is 58.8. The van der Waals surface area contributed by atoms with E-state index in [1.807, 2.05) is 0 Å². The second kappa shape index (κ2) is 15.1. The van der Waals surface area contributed by atoms with Gasteiger partial charge in [0.1, 0.15) is 0 Å². The Morgan fingerprint density at radius 1 is 0.310 bits per heavy atom. The molecule has 0 aromatic rings. The van der Waals surface area contributed by atoms with Gasteiger partial charge in [0.25, 0.3) is 0 Å². The molecule has 0 bridgehead atoms. The van der Waals surface area contributed by atoms with Crippen LogP contribution < -0.4 is 58.7 Å². The Kier molecular flexibility index (Phi) is 21.6. The summed E-state index contributed by atoms with van der Waals surface area (Å²) in [5, 5.41) is 0. The predicted octanol–water partition coefficient (Wildman–Crippen LogP) is -10.0. The van der Waals surface area contributed by atoms with E-state index in [1.165, 1.54) is 0 Å². The van der Waals surface area contributed by atoms with Crippen LogP contribution in [0.3, 0.4) is 0 Å². The van der Waals surface area contributed by atoms with E-state index in [2.05, 4.69) is 12.9 Å². The number of hydrogen-bond acceptors (Lipinski definition) is 21. The Hall–Kier alpha value is 2.16. The van der Waals surface area contributed by atoms with Crippen LogP contribution in [0.5, 0.6) is 0 Å². The second-order valence-corrected chi connectivity index (χ2v) is 10.3. The Morgan fingerprint density at radius 2 is 0.379 bits per heavy atom. The largest absolute Gasteiger partial charge is 6.00 e. The number of rotatable bonds is 6. The van der Waals surface area contributed by atoms with Crippen LogP contribution in [0.2, 0.25) is 0 Å². The van der Waals surface area contributed by atoms with E-state index in [-0.39, 0.29) is 42.1 Å². The summed E-state index contributed by atoms with van der Waals surface area (Å²) in [6.07, 6.45) is 0. The normalized spacial score (nSPS) is 12.8. The van der Waals surface area contributed by atoms with Crippen molar-refractivity contribution < 1.29 is 141 Å². The SMILES string of the molecule is O=P([O-])([O-])OP(=O)([O-])[O-].O=P([O-])([O-])OP(=O)([O-])[O-].O=P([O-])([O-])OP(=O)([O-])[O-].[W+6].[W+6]. The van der Waals surface area contributed by atoms with Crippen LogP contribution in [-0.2, 0) is 82.5 Å². The smallest absolute Gasteiger partial charge is 0.790 e. The molecule has 0 radical (unpaired) electrons. The van der Waals surface area contributed by atoms with Crippen molar-refractivity contribution in [3.63, 3.8) is 0 Å². The molecule has 0 aliphatic carbocycles. The number of phosphoric acid groups is 6. The van der Waals surface area contributed by atoms with E-state index < -0.39 is 46.9 Å². The average molecular weight is 890 g/mol. The monoisotopic (exact) mass is 890 g/mol. The standard InChI is InChI=1S/3H4O7P2.2W/c3*1-8(2,3)7-9(4,5)6;;/h3*(H2,1,2,3)(H2,4,5,6);;/q;;;2*+6/p-12. The molecule has 0 saturated heterocycles. The quantitative estimate of drug-likeness (QED) is 0.223. The van der Waals surface area contributed by atoms with Crippen LogP contribution in [0.25, 0.3) is 0 Å². The summed E-state index contributed by atoms with van der Waals surface area (Å²) in [5.74, 6) is 0. The summed E-state index contributed by atoms with van der Waals surface area (Å²) in [6.45, 7) is 0. The zero-order valence-corrected chi connectivity index (χ0v) is 23.3. The summed E-state index contributed by atoms with van der Waals surface area (Å²) in [4.78, 5) is 112. The maximum Gasteiger partial charge on any atom is 6.00 e. The third-order valence-corrected chi connectivity index (χ3v) is 5.40. The summed E-state index contributed by atoms with van der Waals surface area (Å²) >= 11 is 0. The molecule has 0 heterocycles. The Labute approximate surface area is 187 Å². The third-order valence-electron chi connectivity index (χ3n) is 0.600. The molecule has 0 aromatic heterocycles. The van der Waals surface area contributed by atoms with Gasteiger partial charge < -0.3 is 99.0 Å². The molecule has 0 N–H and O–H groups in total. The van der Waals surface area contributed by atoms with Crippen LogP contribution in [0.1, 0.15) is 0 Å². The molecule has 0 rings (SSSR count). The fraction of sp³-hybridized carbons (Fsp3) is 0. The summed E-state index contributed by atoms with van der Waals surface area (Å²) in [7, 11) is -34.1. The molecule has 21 nitrogen and oxygen atoms in total. The zero-order valence-electron chi connectivity index (χ0n) is 12.1. The van der Waals surface area contributed by atoms with Gasteiger partial charge in [0.05, 0.1) is 46.9 Å². The van der Waals surface area contributed by atoms with Gasteiger partial charge >= 0.3 is 42.1 Å². The fourth-order valence-corrected chi connectivity index (χ4v) is 3.31. The summed E-state index contributed by atoms with van der Waals surface area (Å²) in [6, 6.07) is 0. The topological polar surface area (TPSA) is 407 Å². The van der Waals surface area contributed by atoms with Gasteiger partial charge in [-0.3, -0.25) is 0 Å². The van der Waals surface area contributed by atoms with Crippen molar-refractivity contribution in [1.29, 1.82) is 0 Å². The molecular weight excluding hydrogens is 890 g/mol. The molecule has 0 amide bonds. The van der Waals surface area contributed by atoms with Crippen LogP contribution in [-0.4, -0.2) is 0 Å². The van der Waals surface area contributed by atoms with Gasteiger partial charge in [-0.05, 0) is 0 Å². The molecule has 29 heteroatoms. The Bertz CT molecular complexity index is 552. The molecule has 0 fully saturated rings. The first-order chi connectivity index (χ1) is 11.1. The Morgan fingerprint density at radius 3 is 0.379 bits per heavy atom. The first kappa shape index (κ1) is 41.4. The minimum atomic E-state index is -5.68. The molecule has 0 aromatic carbocycles. The van der Waals surface area contributed by atoms with Crippen molar-refractivity contribution in [3.05, 3.63) is 0 Å². The fourth-order valence-electron chi connectivity index (χ4n) is 0.367. The van der Waals surface area contributed by atoms with Crippen LogP contribution >= 0.6 is 46.9 Å². The van der Waals surface area contributed by atoms with Crippen molar-refractivity contribution in [2.45, 2.75) is 0 Å². The van der Waals surface area contributed by atoms with Gasteiger partial charge in [-0.2, -0.15) is 0 Å². The minimum absolute atomic E-state index is 0. The summed E-state index contributed by atoms with van der Waals surface area (Å²) in [5.41, 5.74) is 0. The molecule has 0 atom stereocenters. The molecular formula is O21P6W2. The van der Waals surface area contributed by atoms with E-state index in [1.54, 1.807) is 0 Å². The minimum Gasteiger partial charge on any atom is -0.790 e. The van der Waals surface area contributed by atoms with Crippen molar-refractivity contribution in [3.8, 4) is 0 Å². The molecule has 0 aliphatic rings. The molecule has 29 heavy (non-hydrogen) atoms. The average Bonchev–Trinajstić information content (AvgIpc) is 1.96. The van der Waals surface area contributed by atoms with E-state index >= 15 is 0 Å². The van der Waals surface area contributed by atoms with E-state index in [9.17, 15) is 86.1 Å². The van der Waals surface area contributed by atoms with Gasteiger partial charge in [-0.1, -0.05) is 0 Å². The van der Waals surface area contributed by atoms with Gasteiger partial charge in [-0.15, -0.1) is 0 Å². The van der Waals surface area contributed by atoms with Gasteiger partial charge in [0, 0.05) is 0 Å². The van der Waals surface area contributed by atoms with Crippen LogP contribution in [0, 0.1) is 0 Å². The van der Waals surface area contributed by atoms with Crippen molar-refractivity contribution >= 4 is 46.9 Å². The van der Waals surface area contributed by atoms with E-state index in [0.29, 0.717) is 0 Å². The molecule has 168 valence electrons. The molecule has 0 saturated carbocycles. The molecule has 0 aliphatic heterocycles. The van der Waals surface area contributed by atoms with E-state index in [4.69, 9.17) is 0 Å². The number of hydrogen-bond donors (Lipinski definition) is 0. The van der Waals surface area contributed by atoms with Gasteiger partial charge in [0.2, 0.25) is 0 Å². The van der Waals surface area contributed by atoms with Crippen molar-refractivity contribution in [1.82, 2.24) is 0 Å². The molecule has 0 spiro atoms. The van der Waals surface area contributed by atoms with Crippen LogP contribution in [0.4, 0.5) is 0 Å². The maximum absolute atomic E-state index is 9.32. The maximum atomic E-state index is 9.32. The van der Waals surface area contributed by atoms with Crippen molar-refractivity contribution in [2.24, 2.45) is 0 Å².